The number of hydrogen-bond donors (Lipinski definition) is 4. The molecule has 5 rings (SSSR count). The summed E-state index contributed by atoms with van der Waals surface area (Å²) >= 11 is 2.66. The second-order valence-electron chi connectivity index (χ2n) is 8.53. The number of hydrogen-bond acceptors (Lipinski definition) is 13. The van der Waals surface area contributed by atoms with E-state index in [2.05, 4.69) is 41.0 Å². The van der Waals surface area contributed by atoms with Crippen LogP contribution in [0, 0.1) is 0 Å². The molecule has 2 aromatic heterocycles. The molecule has 0 spiro atoms. The van der Waals surface area contributed by atoms with Crippen LogP contribution in [0.4, 0.5) is 5.13 Å². The summed E-state index contributed by atoms with van der Waals surface area (Å²) < 4.78 is 0. The van der Waals surface area contributed by atoms with E-state index in [1.807, 2.05) is 0 Å². The molecule has 15 nitrogen and oxygen atoms in total. The highest BCUT2D eigenvalue weighted by Crippen LogP contribution is 2.43. The number of carbonyl (C=O) groups is 3. The molecule has 37 heavy (non-hydrogen) atoms. The molecule has 17 heteroatoms. The van der Waals surface area contributed by atoms with Gasteiger partial charge in [0.25, 0.3) is 11.8 Å². The van der Waals surface area contributed by atoms with Crippen LogP contribution in [0.5, 0.6) is 0 Å². The lowest BCUT2D eigenvalue weighted by Gasteiger charge is -2.50. The van der Waals surface area contributed by atoms with Crippen molar-refractivity contribution in [3.63, 3.8) is 0 Å². The summed E-state index contributed by atoms with van der Waals surface area (Å²) in [5.74, 6) is -1.00. The number of fused-ring (bicyclic) bond motifs is 1. The highest BCUT2D eigenvalue weighted by molar-refractivity contribution is 8.00. The molecule has 2 aromatic rings. The Morgan fingerprint density at radius 3 is 2.84 bits per heavy atom. The first-order valence-electron chi connectivity index (χ1n) is 11.5. The van der Waals surface area contributed by atoms with Gasteiger partial charge >= 0.3 is 5.97 Å². The van der Waals surface area contributed by atoms with Crippen molar-refractivity contribution in [3.8, 4) is 0 Å². The molecule has 5 N–H and O–H groups in total. The van der Waals surface area contributed by atoms with Crippen LogP contribution in [0.2, 0.25) is 0 Å². The Kier molecular flexibility index (Phi) is 7.33. The average Bonchev–Trinajstić information content (AvgIpc) is 3.66. The molecule has 0 saturated carbocycles. The SMILES string of the molecule is Nc1nc(/C(=N/OCCC(=O)O)C(=O)N[C@@H]2C(=O)N3C(c4nnn[nH]4)=C(CN4CCCC4)CS[C@H]23)cs1. The third kappa shape index (κ3) is 5.28. The number of thioether (sulfide) groups is 1. The van der Waals surface area contributed by atoms with Crippen LogP contribution in [0.25, 0.3) is 5.70 Å². The number of thiazole rings is 1. The summed E-state index contributed by atoms with van der Waals surface area (Å²) in [7, 11) is 0. The number of amides is 2. The standard InChI is InChI=1S/C20H24N10O5S2/c21-20-22-11(9-37-20)13(26-35-6-3-12(31)32)17(33)23-14-18(34)30-15(16-24-27-28-25-16)10(8-36-19(14)30)7-29-4-1-2-5-29/h9,14,19H,1-8H2,(H2,21,22)(H,23,33)(H,31,32)(H,24,25,27,28)/b26-13-/t14-,19-/m1/s1. The molecule has 2 fully saturated rings. The number of nitrogens with two attached hydrogens (primary N) is 1. The van der Waals surface area contributed by atoms with Crippen molar-refractivity contribution in [3.05, 3.63) is 22.5 Å². The van der Waals surface area contributed by atoms with Crippen molar-refractivity contribution in [2.45, 2.75) is 30.7 Å². The Labute approximate surface area is 218 Å². The van der Waals surface area contributed by atoms with Gasteiger partial charge in [-0.1, -0.05) is 5.16 Å². The lowest BCUT2D eigenvalue weighted by molar-refractivity contribution is -0.143. The number of tetrazole rings is 1. The third-order valence-electron chi connectivity index (χ3n) is 6.06. The molecule has 3 aliphatic rings. The number of nitrogens with one attached hydrogen (secondary N) is 2. The second kappa shape index (κ2) is 10.8. The van der Waals surface area contributed by atoms with Crippen LogP contribution in [-0.2, 0) is 19.2 Å². The first-order valence-corrected chi connectivity index (χ1v) is 13.4. The number of likely N-dealkylation sites (tertiary alicyclic amines) is 1. The van der Waals surface area contributed by atoms with Crippen molar-refractivity contribution >= 4 is 57.4 Å². The number of rotatable bonds is 10. The van der Waals surface area contributed by atoms with Crippen molar-refractivity contribution in [1.29, 1.82) is 0 Å². The number of aromatic amines is 1. The topological polar surface area (TPSA) is 205 Å². The van der Waals surface area contributed by atoms with E-state index in [0.29, 0.717) is 23.8 Å². The van der Waals surface area contributed by atoms with Crippen LogP contribution in [-0.4, -0.2) is 107 Å². The molecule has 2 saturated heterocycles. The number of β-lactam (4-membered cyclic amide) rings is 1. The fraction of sp³-hybridized carbons (Fsp3) is 0.500. The quantitative estimate of drug-likeness (QED) is 0.126. The zero-order valence-corrected chi connectivity index (χ0v) is 21.1. The lowest BCUT2D eigenvalue weighted by Crippen LogP contribution is -2.70. The minimum absolute atomic E-state index is 0.163. The summed E-state index contributed by atoms with van der Waals surface area (Å²) in [6.45, 7) is 2.49. The van der Waals surface area contributed by atoms with Gasteiger partial charge in [-0.3, -0.25) is 24.2 Å². The van der Waals surface area contributed by atoms with E-state index in [0.717, 1.165) is 42.8 Å². The molecule has 0 bridgehead atoms. The molecule has 196 valence electrons. The Balaban J connectivity index is 1.33. The second-order valence-corrected chi connectivity index (χ2v) is 10.5. The lowest BCUT2D eigenvalue weighted by atomic mass is 10.0. The average molecular weight is 549 g/mol. The van der Waals surface area contributed by atoms with Crippen LogP contribution in [0.15, 0.2) is 16.1 Å². The zero-order valence-electron chi connectivity index (χ0n) is 19.5. The predicted molar refractivity (Wildman–Crippen MR) is 133 cm³/mol. The number of aliphatic carboxylic acids is 1. The van der Waals surface area contributed by atoms with Gasteiger partial charge in [0.15, 0.2) is 16.7 Å². The fourth-order valence-electron chi connectivity index (χ4n) is 4.36. The molecule has 0 aliphatic carbocycles. The Hall–Kier alpha value is -3.57. The molecule has 2 atom stereocenters. The van der Waals surface area contributed by atoms with E-state index in [4.69, 9.17) is 15.7 Å². The van der Waals surface area contributed by atoms with E-state index >= 15 is 0 Å². The molecule has 0 aromatic carbocycles. The van der Waals surface area contributed by atoms with Gasteiger partial charge in [-0.15, -0.1) is 28.2 Å². The number of nitrogens with zero attached hydrogens (tertiary/aromatic N) is 7. The van der Waals surface area contributed by atoms with E-state index in [9.17, 15) is 14.4 Å². The van der Waals surface area contributed by atoms with E-state index < -0.39 is 17.9 Å². The number of carbonyl (C=O) groups excluding carboxylic acids is 2. The number of carboxylic acid groups (broad SMARTS) is 1. The van der Waals surface area contributed by atoms with Gasteiger partial charge in [-0.25, -0.2) is 10.1 Å². The first-order chi connectivity index (χ1) is 17.9. The Morgan fingerprint density at radius 1 is 1.35 bits per heavy atom. The number of carboxylic acids is 1. The Morgan fingerprint density at radius 2 is 2.16 bits per heavy atom. The molecule has 0 radical (unpaired) electrons. The first kappa shape index (κ1) is 25.1. The highest BCUT2D eigenvalue weighted by atomic mass is 32.2. The normalized spacial score (nSPS) is 22.1. The van der Waals surface area contributed by atoms with Gasteiger partial charge in [-0.2, -0.15) is 0 Å². The van der Waals surface area contributed by atoms with Crippen molar-refractivity contribution < 1.29 is 24.3 Å². The molecule has 0 unspecified atom stereocenters. The summed E-state index contributed by atoms with van der Waals surface area (Å²) in [5, 5.41) is 30.9. The summed E-state index contributed by atoms with van der Waals surface area (Å²) in [6.07, 6.45) is 2.00. The van der Waals surface area contributed by atoms with Gasteiger partial charge in [0.2, 0.25) is 0 Å². The largest absolute Gasteiger partial charge is 0.481 e. The van der Waals surface area contributed by atoms with Crippen molar-refractivity contribution in [2.24, 2.45) is 5.16 Å². The predicted octanol–water partition coefficient (Wildman–Crippen LogP) is -0.659. The van der Waals surface area contributed by atoms with E-state index in [1.165, 1.54) is 5.38 Å². The van der Waals surface area contributed by atoms with E-state index in [-0.39, 0.29) is 40.8 Å². The molecule has 2 amide bonds. The van der Waals surface area contributed by atoms with Crippen molar-refractivity contribution in [2.75, 3.05) is 37.7 Å². The molecule has 3 aliphatic heterocycles. The molecular weight excluding hydrogens is 524 g/mol. The Bertz CT molecular complexity index is 1240. The fourth-order valence-corrected chi connectivity index (χ4v) is 6.24. The summed E-state index contributed by atoms with van der Waals surface area (Å²) in [6, 6.07) is -0.822. The van der Waals surface area contributed by atoms with Gasteiger partial charge < -0.3 is 21.0 Å². The number of H-pyrrole nitrogens is 1. The minimum atomic E-state index is -1.07. The number of oxime groups is 1. The van der Waals surface area contributed by atoms with E-state index in [1.54, 1.807) is 16.7 Å². The van der Waals surface area contributed by atoms with Gasteiger partial charge in [0, 0.05) is 17.7 Å². The summed E-state index contributed by atoms with van der Waals surface area (Å²) in [4.78, 5) is 50.3. The number of nitrogen functional groups attached to an aromatic ring is 1. The minimum Gasteiger partial charge on any atom is -0.481 e. The van der Waals surface area contributed by atoms with Gasteiger partial charge in [-0.05, 0) is 41.9 Å². The van der Waals surface area contributed by atoms with Gasteiger partial charge in [0.05, 0.1) is 12.1 Å². The number of aromatic nitrogens is 5. The van der Waals surface area contributed by atoms with Crippen LogP contribution in [0.1, 0.15) is 30.8 Å². The molecule has 5 heterocycles. The third-order valence-corrected chi connectivity index (χ3v) is 8.07. The number of anilines is 1. The zero-order chi connectivity index (χ0) is 25.9. The molecular formula is C20H24N10O5S2. The van der Waals surface area contributed by atoms with Gasteiger partial charge in [0.1, 0.15) is 23.7 Å². The highest BCUT2D eigenvalue weighted by Gasteiger charge is 2.54. The maximum Gasteiger partial charge on any atom is 0.306 e. The maximum atomic E-state index is 13.3. The van der Waals surface area contributed by atoms with Crippen LogP contribution < -0.4 is 11.1 Å². The van der Waals surface area contributed by atoms with Crippen LogP contribution >= 0.6 is 23.1 Å². The smallest absolute Gasteiger partial charge is 0.306 e. The van der Waals surface area contributed by atoms with Crippen LogP contribution in [0.3, 0.4) is 0 Å². The van der Waals surface area contributed by atoms with Crippen molar-refractivity contribution in [1.82, 2.24) is 40.7 Å². The summed E-state index contributed by atoms with van der Waals surface area (Å²) in [5.41, 5.74) is 7.36. The monoisotopic (exact) mass is 548 g/mol. The maximum absolute atomic E-state index is 13.3.